The topological polar surface area (TPSA) is 25.2 Å². The van der Waals surface area contributed by atoms with E-state index in [4.69, 9.17) is 0 Å². The Bertz CT molecular complexity index is 227. The highest BCUT2D eigenvalue weighted by Crippen LogP contribution is 2.12. The Kier molecular flexibility index (Phi) is 3.35. The van der Waals surface area contributed by atoms with Crippen molar-refractivity contribution in [3.05, 3.63) is 24.0 Å². The second-order valence-corrected chi connectivity index (χ2v) is 3.21. The number of rotatable bonds is 4. The van der Waals surface area contributed by atoms with Crippen LogP contribution in [0.3, 0.4) is 0 Å². The highest BCUT2D eigenvalue weighted by atomic mass is 16.3. The molecule has 0 amide bonds. The van der Waals surface area contributed by atoms with Crippen LogP contribution in [0.5, 0.6) is 0 Å². The van der Waals surface area contributed by atoms with E-state index in [-0.39, 0.29) is 6.10 Å². The molecule has 1 heterocycles. The van der Waals surface area contributed by atoms with Crippen molar-refractivity contribution in [2.45, 2.75) is 39.3 Å². The molecule has 0 aliphatic rings. The van der Waals surface area contributed by atoms with E-state index in [1.165, 1.54) is 12.8 Å². The number of aliphatic hydroxyl groups is 1. The Morgan fingerprint density at radius 1 is 1.58 bits per heavy atom. The number of hydrogen-bond donors (Lipinski definition) is 1. The number of aliphatic hydroxyl groups excluding tert-OH is 1. The van der Waals surface area contributed by atoms with Crippen molar-refractivity contribution in [3.63, 3.8) is 0 Å². The number of unbranched alkanes of at least 4 members (excludes halogenated alkanes) is 1. The van der Waals surface area contributed by atoms with Gasteiger partial charge in [-0.05, 0) is 25.0 Å². The molecule has 0 aromatic carbocycles. The molecule has 1 aromatic heterocycles. The van der Waals surface area contributed by atoms with Crippen molar-refractivity contribution in [2.24, 2.45) is 0 Å². The first-order chi connectivity index (χ1) is 5.74. The molecule has 1 rings (SSSR count). The quantitative estimate of drug-likeness (QED) is 0.731. The lowest BCUT2D eigenvalue weighted by Crippen LogP contribution is -1.94. The van der Waals surface area contributed by atoms with E-state index in [2.05, 4.69) is 11.5 Å². The molecule has 0 aliphatic heterocycles. The fourth-order valence-corrected chi connectivity index (χ4v) is 1.19. The number of aryl methyl sites for hydroxylation is 1. The summed E-state index contributed by atoms with van der Waals surface area (Å²) in [6.45, 7) is 5.03. The van der Waals surface area contributed by atoms with Crippen molar-refractivity contribution in [1.29, 1.82) is 0 Å². The summed E-state index contributed by atoms with van der Waals surface area (Å²) in [5.41, 5.74) is 1.01. The van der Waals surface area contributed by atoms with Crippen LogP contribution in [0.4, 0.5) is 0 Å². The van der Waals surface area contributed by atoms with Crippen LogP contribution in [-0.4, -0.2) is 9.67 Å². The zero-order chi connectivity index (χ0) is 8.97. The van der Waals surface area contributed by atoms with E-state index in [0.717, 1.165) is 12.1 Å². The lowest BCUT2D eigenvalue weighted by atomic mass is 10.2. The van der Waals surface area contributed by atoms with E-state index < -0.39 is 0 Å². The van der Waals surface area contributed by atoms with Gasteiger partial charge in [-0.15, -0.1) is 0 Å². The van der Waals surface area contributed by atoms with Gasteiger partial charge in [0.1, 0.15) is 0 Å². The van der Waals surface area contributed by atoms with Crippen LogP contribution < -0.4 is 0 Å². The first-order valence-corrected chi connectivity index (χ1v) is 4.57. The molecule has 1 aromatic rings. The predicted molar refractivity (Wildman–Crippen MR) is 50.0 cm³/mol. The molecule has 0 spiro atoms. The van der Waals surface area contributed by atoms with Crippen molar-refractivity contribution in [2.75, 3.05) is 0 Å². The highest BCUT2D eigenvalue weighted by molar-refractivity contribution is 5.12. The normalized spacial score (nSPS) is 13.2. The van der Waals surface area contributed by atoms with Gasteiger partial charge in [-0.1, -0.05) is 13.3 Å². The molecule has 1 N–H and O–H groups in total. The molecule has 1 unspecified atom stereocenters. The summed E-state index contributed by atoms with van der Waals surface area (Å²) in [5, 5.41) is 9.25. The Morgan fingerprint density at radius 2 is 2.33 bits per heavy atom. The minimum atomic E-state index is -0.340. The van der Waals surface area contributed by atoms with Crippen molar-refractivity contribution >= 4 is 0 Å². The monoisotopic (exact) mass is 167 g/mol. The van der Waals surface area contributed by atoms with Gasteiger partial charge < -0.3 is 9.67 Å². The summed E-state index contributed by atoms with van der Waals surface area (Å²) < 4.78 is 2.13. The molecular weight excluding hydrogens is 150 g/mol. The SMILES string of the molecule is CCCCn1ccc(C(C)O)c1. The maximum atomic E-state index is 9.25. The van der Waals surface area contributed by atoms with Gasteiger partial charge in [0.25, 0.3) is 0 Å². The third-order valence-electron chi connectivity index (χ3n) is 2.03. The largest absolute Gasteiger partial charge is 0.389 e. The summed E-state index contributed by atoms with van der Waals surface area (Å²) in [4.78, 5) is 0. The van der Waals surface area contributed by atoms with Crippen molar-refractivity contribution in [3.8, 4) is 0 Å². The molecule has 0 saturated heterocycles. The average molecular weight is 167 g/mol. The average Bonchev–Trinajstić information content (AvgIpc) is 2.48. The molecule has 2 heteroatoms. The van der Waals surface area contributed by atoms with Crippen LogP contribution in [-0.2, 0) is 6.54 Å². The molecular formula is C10H17NO. The lowest BCUT2D eigenvalue weighted by molar-refractivity contribution is 0.199. The zero-order valence-electron chi connectivity index (χ0n) is 7.83. The summed E-state index contributed by atoms with van der Waals surface area (Å²) in [6.07, 6.45) is 6.11. The van der Waals surface area contributed by atoms with E-state index in [1.807, 2.05) is 18.5 Å². The molecule has 0 saturated carbocycles. The number of aromatic nitrogens is 1. The van der Waals surface area contributed by atoms with Gasteiger partial charge in [-0.2, -0.15) is 0 Å². The smallest absolute Gasteiger partial charge is 0.0776 e. The lowest BCUT2D eigenvalue weighted by Gasteiger charge is -2.01. The standard InChI is InChI=1S/C10H17NO/c1-3-4-6-11-7-5-10(8-11)9(2)12/h5,7-9,12H,3-4,6H2,1-2H3. The Hall–Kier alpha value is -0.760. The van der Waals surface area contributed by atoms with Crippen LogP contribution in [0.1, 0.15) is 38.4 Å². The van der Waals surface area contributed by atoms with E-state index in [1.54, 1.807) is 6.92 Å². The van der Waals surface area contributed by atoms with Crippen LogP contribution in [0.15, 0.2) is 18.5 Å². The maximum absolute atomic E-state index is 9.25. The second kappa shape index (κ2) is 4.31. The van der Waals surface area contributed by atoms with Crippen molar-refractivity contribution < 1.29 is 5.11 Å². The Labute approximate surface area is 73.8 Å². The van der Waals surface area contributed by atoms with Gasteiger partial charge >= 0.3 is 0 Å². The van der Waals surface area contributed by atoms with Gasteiger partial charge in [0.05, 0.1) is 6.10 Å². The van der Waals surface area contributed by atoms with Gasteiger partial charge in [-0.25, -0.2) is 0 Å². The molecule has 0 fully saturated rings. The Balaban J connectivity index is 2.52. The summed E-state index contributed by atoms with van der Waals surface area (Å²) >= 11 is 0. The molecule has 12 heavy (non-hydrogen) atoms. The zero-order valence-corrected chi connectivity index (χ0v) is 7.83. The fourth-order valence-electron chi connectivity index (χ4n) is 1.19. The minimum absolute atomic E-state index is 0.340. The third kappa shape index (κ3) is 2.38. The van der Waals surface area contributed by atoms with Gasteiger partial charge in [0.15, 0.2) is 0 Å². The summed E-state index contributed by atoms with van der Waals surface area (Å²) in [5.74, 6) is 0. The highest BCUT2D eigenvalue weighted by Gasteiger charge is 2.01. The molecule has 0 bridgehead atoms. The number of nitrogens with zero attached hydrogens (tertiary/aromatic N) is 1. The first kappa shape index (κ1) is 9.33. The number of hydrogen-bond acceptors (Lipinski definition) is 1. The van der Waals surface area contributed by atoms with Crippen LogP contribution in [0.2, 0.25) is 0 Å². The van der Waals surface area contributed by atoms with Crippen molar-refractivity contribution in [1.82, 2.24) is 4.57 Å². The van der Waals surface area contributed by atoms with E-state index >= 15 is 0 Å². The van der Waals surface area contributed by atoms with Crippen LogP contribution in [0.25, 0.3) is 0 Å². The minimum Gasteiger partial charge on any atom is -0.389 e. The Morgan fingerprint density at radius 3 is 2.83 bits per heavy atom. The molecule has 0 aliphatic carbocycles. The van der Waals surface area contributed by atoms with E-state index in [0.29, 0.717) is 0 Å². The first-order valence-electron chi connectivity index (χ1n) is 4.57. The maximum Gasteiger partial charge on any atom is 0.0776 e. The predicted octanol–water partition coefficient (Wildman–Crippen LogP) is 2.34. The van der Waals surface area contributed by atoms with Crippen LogP contribution in [0, 0.1) is 0 Å². The van der Waals surface area contributed by atoms with Crippen LogP contribution >= 0.6 is 0 Å². The molecule has 2 nitrogen and oxygen atoms in total. The van der Waals surface area contributed by atoms with E-state index in [9.17, 15) is 5.11 Å². The van der Waals surface area contributed by atoms with Gasteiger partial charge in [0, 0.05) is 18.9 Å². The second-order valence-electron chi connectivity index (χ2n) is 3.21. The van der Waals surface area contributed by atoms with Gasteiger partial charge in [-0.3, -0.25) is 0 Å². The van der Waals surface area contributed by atoms with Gasteiger partial charge in [0.2, 0.25) is 0 Å². The summed E-state index contributed by atoms with van der Waals surface area (Å²) in [7, 11) is 0. The summed E-state index contributed by atoms with van der Waals surface area (Å²) in [6, 6.07) is 1.97. The third-order valence-corrected chi connectivity index (χ3v) is 2.03. The fraction of sp³-hybridized carbons (Fsp3) is 0.600. The molecule has 1 atom stereocenters. The molecule has 0 radical (unpaired) electrons. The molecule has 68 valence electrons.